The second kappa shape index (κ2) is 11.7. The van der Waals surface area contributed by atoms with Gasteiger partial charge in [-0.1, -0.05) is 57.4 Å². The first-order valence-corrected chi connectivity index (χ1v) is 11.5. The smallest absolute Gasteiger partial charge is 0.167 e. The van der Waals surface area contributed by atoms with Crippen LogP contribution in [0.25, 0.3) is 11.1 Å². The van der Waals surface area contributed by atoms with E-state index >= 15 is 0 Å². The van der Waals surface area contributed by atoms with Crippen LogP contribution in [0.3, 0.4) is 0 Å². The van der Waals surface area contributed by atoms with Crippen molar-refractivity contribution in [2.45, 2.75) is 77.4 Å². The largest absolute Gasteiger partial charge is 0.376 e. The van der Waals surface area contributed by atoms with Crippen LogP contribution in [0, 0.1) is 17.5 Å². The van der Waals surface area contributed by atoms with Crippen molar-refractivity contribution in [3.63, 3.8) is 0 Å². The van der Waals surface area contributed by atoms with Gasteiger partial charge in [0.15, 0.2) is 11.6 Å². The molecule has 2 aromatic rings. The molecule has 2 unspecified atom stereocenters. The van der Waals surface area contributed by atoms with Crippen LogP contribution >= 0.6 is 0 Å². The predicted molar refractivity (Wildman–Crippen MR) is 118 cm³/mol. The highest BCUT2D eigenvalue weighted by Crippen LogP contribution is 2.35. The van der Waals surface area contributed by atoms with Gasteiger partial charge in [0, 0.05) is 17.7 Å². The fraction of sp³-hybridized carbons (Fsp3) is 0.538. The van der Waals surface area contributed by atoms with Crippen molar-refractivity contribution in [3.8, 4) is 11.1 Å². The van der Waals surface area contributed by atoms with Crippen molar-refractivity contribution < 1.29 is 22.6 Å². The third kappa shape index (κ3) is 6.11. The average molecular weight is 435 g/mol. The van der Waals surface area contributed by atoms with Crippen molar-refractivity contribution in [1.29, 1.82) is 0 Å². The summed E-state index contributed by atoms with van der Waals surface area (Å²) in [6.45, 7) is 5.28. The monoisotopic (exact) mass is 434 g/mol. The van der Waals surface area contributed by atoms with E-state index in [0.717, 1.165) is 38.5 Å². The molecule has 1 aliphatic rings. The summed E-state index contributed by atoms with van der Waals surface area (Å²) in [5.74, 6) is -2.25. The Morgan fingerprint density at radius 3 is 2.42 bits per heavy atom. The summed E-state index contributed by atoms with van der Waals surface area (Å²) >= 11 is 0. The van der Waals surface area contributed by atoms with Crippen LogP contribution < -0.4 is 0 Å². The van der Waals surface area contributed by atoms with Crippen molar-refractivity contribution in [2.75, 3.05) is 13.2 Å². The summed E-state index contributed by atoms with van der Waals surface area (Å²) < 4.78 is 55.8. The molecule has 5 heteroatoms. The number of aryl methyl sites for hydroxylation is 1. The highest BCUT2D eigenvalue weighted by Gasteiger charge is 2.27. The second-order valence-corrected chi connectivity index (χ2v) is 8.34. The Hall–Kier alpha value is -1.85. The molecule has 1 heterocycles. The van der Waals surface area contributed by atoms with Gasteiger partial charge in [0.2, 0.25) is 0 Å². The minimum absolute atomic E-state index is 0.00878. The zero-order valence-corrected chi connectivity index (χ0v) is 18.6. The molecule has 170 valence electrons. The third-order valence-corrected chi connectivity index (χ3v) is 5.96. The average Bonchev–Trinajstić information content (AvgIpc) is 2.78. The second-order valence-electron chi connectivity index (χ2n) is 8.34. The van der Waals surface area contributed by atoms with Gasteiger partial charge in [-0.15, -0.1) is 0 Å². The first kappa shape index (κ1) is 23.8. The number of unbranched alkanes of at least 4 members (excludes halogenated alkanes) is 3. The van der Waals surface area contributed by atoms with E-state index in [9.17, 15) is 13.2 Å². The van der Waals surface area contributed by atoms with E-state index in [1.54, 1.807) is 18.2 Å². The standard InChI is InChI=1S/C26H33F3O2/c1-3-5-7-15-30-20-11-14-24(31-17-20)22-13-12-21(25(28)26(22)29)19-10-9-18(8-6-4-2)23(27)16-19/h9-10,12-13,16,20,24H,3-8,11,14-15,17H2,1-2H3. The maximum absolute atomic E-state index is 14.9. The van der Waals surface area contributed by atoms with Gasteiger partial charge < -0.3 is 9.47 Å². The highest BCUT2D eigenvalue weighted by atomic mass is 19.2. The first-order chi connectivity index (χ1) is 15.0. The molecule has 31 heavy (non-hydrogen) atoms. The van der Waals surface area contributed by atoms with Crippen LogP contribution in [0.4, 0.5) is 13.2 Å². The molecule has 0 bridgehead atoms. The molecule has 1 aliphatic heterocycles. The molecule has 0 saturated carbocycles. The van der Waals surface area contributed by atoms with Crippen molar-refractivity contribution in [2.24, 2.45) is 0 Å². The van der Waals surface area contributed by atoms with Crippen molar-refractivity contribution >= 4 is 0 Å². The van der Waals surface area contributed by atoms with Gasteiger partial charge in [-0.25, -0.2) is 13.2 Å². The summed E-state index contributed by atoms with van der Waals surface area (Å²) in [7, 11) is 0. The van der Waals surface area contributed by atoms with Crippen molar-refractivity contribution in [3.05, 3.63) is 58.9 Å². The van der Waals surface area contributed by atoms with Crippen LogP contribution in [-0.4, -0.2) is 19.3 Å². The van der Waals surface area contributed by atoms with Gasteiger partial charge in [-0.2, -0.15) is 0 Å². The first-order valence-electron chi connectivity index (χ1n) is 11.5. The summed E-state index contributed by atoms with van der Waals surface area (Å²) in [5.41, 5.74) is 1.22. The van der Waals surface area contributed by atoms with Crippen LogP contribution in [0.1, 0.15) is 76.0 Å². The SMILES string of the molecule is CCCCCOC1CCC(c2ccc(-c3ccc(CCCC)c(F)c3)c(F)c2F)OC1. The zero-order valence-electron chi connectivity index (χ0n) is 18.6. The van der Waals surface area contributed by atoms with E-state index < -0.39 is 17.7 Å². The lowest BCUT2D eigenvalue weighted by atomic mass is 9.95. The molecule has 0 spiro atoms. The Labute approximate surface area is 183 Å². The van der Waals surface area contributed by atoms with Crippen LogP contribution in [-0.2, 0) is 15.9 Å². The van der Waals surface area contributed by atoms with Crippen LogP contribution in [0.2, 0.25) is 0 Å². The topological polar surface area (TPSA) is 18.5 Å². The Kier molecular flexibility index (Phi) is 8.97. The fourth-order valence-electron chi connectivity index (χ4n) is 4.03. The zero-order chi connectivity index (χ0) is 22.2. The molecule has 2 aromatic carbocycles. The normalized spacial score (nSPS) is 19.0. The molecular formula is C26H33F3O2. The van der Waals surface area contributed by atoms with Crippen molar-refractivity contribution in [1.82, 2.24) is 0 Å². The van der Waals surface area contributed by atoms with Gasteiger partial charge in [0.05, 0.1) is 18.8 Å². The Bertz CT molecular complexity index is 845. The lowest BCUT2D eigenvalue weighted by Crippen LogP contribution is -2.28. The lowest BCUT2D eigenvalue weighted by molar-refractivity contribution is -0.0882. The molecule has 0 aromatic heterocycles. The Balaban J connectivity index is 1.67. The number of rotatable bonds is 10. The van der Waals surface area contributed by atoms with Crippen LogP contribution in [0.15, 0.2) is 30.3 Å². The van der Waals surface area contributed by atoms with E-state index in [1.807, 2.05) is 6.92 Å². The number of ether oxygens (including phenoxy) is 2. The quantitative estimate of drug-likeness (QED) is 0.360. The summed E-state index contributed by atoms with van der Waals surface area (Å²) in [6, 6.07) is 7.69. The summed E-state index contributed by atoms with van der Waals surface area (Å²) in [4.78, 5) is 0. The maximum Gasteiger partial charge on any atom is 0.167 e. The molecule has 1 saturated heterocycles. The molecule has 2 nitrogen and oxygen atoms in total. The van der Waals surface area contributed by atoms with Gasteiger partial charge >= 0.3 is 0 Å². The molecule has 0 N–H and O–H groups in total. The lowest BCUT2D eigenvalue weighted by Gasteiger charge is -2.29. The number of hydrogen-bond donors (Lipinski definition) is 0. The highest BCUT2D eigenvalue weighted by molar-refractivity contribution is 5.65. The Morgan fingerprint density at radius 1 is 0.935 bits per heavy atom. The van der Waals surface area contributed by atoms with Crippen LogP contribution in [0.5, 0.6) is 0 Å². The molecule has 1 fully saturated rings. The fourth-order valence-corrected chi connectivity index (χ4v) is 4.03. The van der Waals surface area contributed by atoms with Gasteiger partial charge in [-0.3, -0.25) is 0 Å². The van der Waals surface area contributed by atoms with E-state index in [2.05, 4.69) is 6.92 Å². The molecule has 0 radical (unpaired) electrons. The predicted octanol–water partition coefficient (Wildman–Crippen LogP) is 7.54. The Morgan fingerprint density at radius 2 is 1.74 bits per heavy atom. The van der Waals surface area contributed by atoms with E-state index in [1.165, 1.54) is 12.1 Å². The minimum atomic E-state index is -0.959. The number of halogens is 3. The van der Waals surface area contributed by atoms with Gasteiger partial charge in [0.1, 0.15) is 5.82 Å². The minimum Gasteiger partial charge on any atom is -0.376 e. The number of benzene rings is 2. The van der Waals surface area contributed by atoms with E-state index in [4.69, 9.17) is 9.47 Å². The summed E-state index contributed by atoms with van der Waals surface area (Å²) in [6.07, 6.45) is 6.65. The maximum atomic E-state index is 14.9. The van der Waals surface area contributed by atoms with E-state index in [0.29, 0.717) is 37.2 Å². The molecule has 3 rings (SSSR count). The molecule has 2 atom stereocenters. The molecule has 0 aliphatic carbocycles. The molecule has 0 amide bonds. The van der Waals surface area contributed by atoms with E-state index in [-0.39, 0.29) is 23.0 Å². The van der Waals surface area contributed by atoms with Gasteiger partial charge in [-0.05, 0) is 49.3 Å². The summed E-state index contributed by atoms with van der Waals surface area (Å²) in [5, 5.41) is 0. The molecular weight excluding hydrogens is 401 g/mol. The number of hydrogen-bond acceptors (Lipinski definition) is 2. The van der Waals surface area contributed by atoms with Gasteiger partial charge in [0.25, 0.3) is 0 Å². The third-order valence-electron chi connectivity index (χ3n) is 5.96.